The average molecular weight is 284 g/mol. The maximum atomic E-state index is 11.7. The highest BCUT2D eigenvalue weighted by Crippen LogP contribution is 2.35. The minimum Gasteiger partial charge on any atom is -0.493 e. The number of benzene rings is 1. The largest absolute Gasteiger partial charge is 0.493 e. The van der Waals surface area contributed by atoms with Crippen LogP contribution in [0.25, 0.3) is 22.2 Å². The molecule has 6 nitrogen and oxygen atoms in total. The second kappa shape index (κ2) is 5.24. The second-order valence-corrected chi connectivity index (χ2v) is 4.27. The first-order chi connectivity index (χ1) is 10.2. The summed E-state index contributed by atoms with van der Waals surface area (Å²) >= 11 is 0. The first-order valence-corrected chi connectivity index (χ1v) is 6.19. The molecule has 3 rings (SSSR count). The van der Waals surface area contributed by atoms with E-state index in [1.807, 2.05) is 0 Å². The van der Waals surface area contributed by atoms with Gasteiger partial charge >= 0.3 is 5.63 Å². The molecule has 0 unspecified atom stereocenters. The number of fused-ring (bicyclic) bond motifs is 1. The molecule has 0 amide bonds. The molecule has 2 heterocycles. The highest BCUT2D eigenvalue weighted by Gasteiger charge is 2.13. The van der Waals surface area contributed by atoms with E-state index in [-0.39, 0.29) is 0 Å². The molecule has 1 aromatic carbocycles. The van der Waals surface area contributed by atoms with E-state index in [4.69, 9.17) is 13.9 Å². The number of nitrogens with zero attached hydrogens (tertiary/aromatic N) is 2. The molecule has 106 valence electrons. The van der Waals surface area contributed by atoms with E-state index in [9.17, 15) is 4.79 Å². The van der Waals surface area contributed by atoms with Gasteiger partial charge in [-0.2, -0.15) is 0 Å². The lowest BCUT2D eigenvalue weighted by atomic mass is 10.1. The molecular weight excluding hydrogens is 272 g/mol. The molecule has 0 saturated carbocycles. The third-order valence-electron chi connectivity index (χ3n) is 3.09. The zero-order valence-electron chi connectivity index (χ0n) is 11.5. The van der Waals surface area contributed by atoms with Crippen LogP contribution in [0.15, 0.2) is 46.0 Å². The molecule has 0 spiro atoms. The summed E-state index contributed by atoms with van der Waals surface area (Å²) in [5.41, 5.74) is 1.16. The normalized spacial score (nSPS) is 10.6. The van der Waals surface area contributed by atoms with Gasteiger partial charge in [0.25, 0.3) is 0 Å². The Morgan fingerprint density at radius 2 is 1.81 bits per heavy atom. The number of hydrogen-bond donors (Lipinski definition) is 0. The maximum Gasteiger partial charge on any atom is 0.336 e. The van der Waals surface area contributed by atoms with Gasteiger partial charge in [0.2, 0.25) is 0 Å². The van der Waals surface area contributed by atoms with Crippen molar-refractivity contribution < 1.29 is 13.9 Å². The average Bonchev–Trinajstić information content (AvgIpc) is 2.53. The van der Waals surface area contributed by atoms with Crippen molar-refractivity contribution in [2.24, 2.45) is 0 Å². The molecule has 0 aliphatic rings. The SMILES string of the molecule is COc1cc2oc(=O)cc(-c3cnccn3)c2cc1OC. The van der Waals surface area contributed by atoms with Gasteiger partial charge in [-0.05, 0) is 6.07 Å². The topological polar surface area (TPSA) is 74.5 Å². The van der Waals surface area contributed by atoms with Crippen LogP contribution < -0.4 is 15.1 Å². The predicted molar refractivity (Wildman–Crippen MR) is 76.6 cm³/mol. The van der Waals surface area contributed by atoms with Crippen LogP contribution in [0.4, 0.5) is 0 Å². The molecular formula is C15H12N2O4. The molecule has 0 fully saturated rings. The third-order valence-corrected chi connectivity index (χ3v) is 3.09. The van der Waals surface area contributed by atoms with Crippen LogP contribution in [0.2, 0.25) is 0 Å². The van der Waals surface area contributed by atoms with Crippen molar-refractivity contribution >= 4 is 11.0 Å². The van der Waals surface area contributed by atoms with Gasteiger partial charge in [-0.3, -0.25) is 9.97 Å². The van der Waals surface area contributed by atoms with Crippen molar-refractivity contribution in [3.63, 3.8) is 0 Å². The lowest BCUT2D eigenvalue weighted by molar-refractivity contribution is 0.355. The second-order valence-electron chi connectivity index (χ2n) is 4.27. The highest BCUT2D eigenvalue weighted by atomic mass is 16.5. The van der Waals surface area contributed by atoms with Crippen LogP contribution in [0.3, 0.4) is 0 Å². The number of ether oxygens (including phenoxy) is 2. The molecule has 21 heavy (non-hydrogen) atoms. The van der Waals surface area contributed by atoms with Gasteiger partial charge in [0, 0.05) is 35.5 Å². The number of rotatable bonds is 3. The van der Waals surface area contributed by atoms with E-state index in [1.165, 1.54) is 13.2 Å². The number of hydrogen-bond acceptors (Lipinski definition) is 6. The number of methoxy groups -OCH3 is 2. The Kier molecular flexibility index (Phi) is 3.27. The Hall–Kier alpha value is -2.89. The zero-order chi connectivity index (χ0) is 14.8. The molecule has 0 radical (unpaired) electrons. The molecule has 0 atom stereocenters. The fraction of sp³-hybridized carbons (Fsp3) is 0.133. The first kappa shape index (κ1) is 13.1. The monoisotopic (exact) mass is 284 g/mol. The van der Waals surface area contributed by atoms with Crippen LogP contribution in [-0.2, 0) is 0 Å². The smallest absolute Gasteiger partial charge is 0.336 e. The molecule has 0 saturated heterocycles. The van der Waals surface area contributed by atoms with Crippen molar-refractivity contribution in [1.29, 1.82) is 0 Å². The van der Waals surface area contributed by atoms with E-state index in [1.54, 1.807) is 37.8 Å². The van der Waals surface area contributed by atoms with Crippen molar-refractivity contribution in [1.82, 2.24) is 9.97 Å². The van der Waals surface area contributed by atoms with E-state index >= 15 is 0 Å². The summed E-state index contributed by atoms with van der Waals surface area (Å²) in [4.78, 5) is 20.0. The summed E-state index contributed by atoms with van der Waals surface area (Å²) in [5.74, 6) is 1.04. The summed E-state index contributed by atoms with van der Waals surface area (Å²) in [6.07, 6.45) is 4.72. The number of aromatic nitrogens is 2. The Balaban J connectivity index is 2.37. The van der Waals surface area contributed by atoms with E-state index in [0.29, 0.717) is 33.7 Å². The van der Waals surface area contributed by atoms with Gasteiger partial charge in [0.15, 0.2) is 11.5 Å². The van der Waals surface area contributed by atoms with Crippen molar-refractivity contribution in [3.8, 4) is 22.8 Å². The van der Waals surface area contributed by atoms with Gasteiger partial charge < -0.3 is 13.9 Å². The van der Waals surface area contributed by atoms with Gasteiger partial charge in [0.1, 0.15) is 5.58 Å². The van der Waals surface area contributed by atoms with Gasteiger partial charge in [0.05, 0.1) is 26.1 Å². The van der Waals surface area contributed by atoms with Crippen LogP contribution in [-0.4, -0.2) is 24.2 Å². The molecule has 2 aromatic heterocycles. The van der Waals surface area contributed by atoms with Crippen molar-refractivity contribution in [2.75, 3.05) is 14.2 Å². The molecule has 0 aliphatic carbocycles. The maximum absolute atomic E-state index is 11.7. The van der Waals surface area contributed by atoms with Crippen LogP contribution >= 0.6 is 0 Å². The van der Waals surface area contributed by atoms with Crippen molar-refractivity contribution in [3.05, 3.63) is 47.2 Å². The summed E-state index contributed by atoms with van der Waals surface area (Å²) < 4.78 is 15.7. The highest BCUT2D eigenvalue weighted by molar-refractivity contribution is 5.94. The van der Waals surface area contributed by atoms with Crippen LogP contribution in [0.5, 0.6) is 11.5 Å². The summed E-state index contributed by atoms with van der Waals surface area (Å²) in [5, 5.41) is 0.702. The van der Waals surface area contributed by atoms with Crippen LogP contribution in [0, 0.1) is 0 Å². The molecule has 3 aromatic rings. The Labute approximate surface area is 120 Å². The Morgan fingerprint density at radius 3 is 2.48 bits per heavy atom. The van der Waals surface area contributed by atoms with E-state index < -0.39 is 5.63 Å². The molecule has 0 N–H and O–H groups in total. The molecule has 0 aliphatic heterocycles. The van der Waals surface area contributed by atoms with Gasteiger partial charge in [-0.1, -0.05) is 0 Å². The Bertz CT molecular complexity index is 843. The minimum absolute atomic E-state index is 0.404. The van der Waals surface area contributed by atoms with Crippen LogP contribution in [0.1, 0.15) is 0 Å². The van der Waals surface area contributed by atoms with Crippen molar-refractivity contribution in [2.45, 2.75) is 0 Å². The van der Waals surface area contributed by atoms with Gasteiger partial charge in [-0.25, -0.2) is 4.79 Å². The molecule has 6 heteroatoms. The van der Waals surface area contributed by atoms with Gasteiger partial charge in [-0.15, -0.1) is 0 Å². The quantitative estimate of drug-likeness (QED) is 0.687. The standard InChI is InChI=1S/C15H12N2O4/c1-19-13-5-10-9(11-8-16-3-4-17-11)6-15(18)21-12(10)7-14(13)20-2/h3-8H,1-2H3. The minimum atomic E-state index is -0.463. The van der Waals surface area contributed by atoms with E-state index in [2.05, 4.69) is 9.97 Å². The zero-order valence-corrected chi connectivity index (χ0v) is 11.5. The molecule has 0 bridgehead atoms. The summed E-state index contributed by atoms with van der Waals surface area (Å²) in [7, 11) is 3.07. The summed E-state index contributed by atoms with van der Waals surface area (Å²) in [6, 6.07) is 4.76. The fourth-order valence-corrected chi connectivity index (χ4v) is 2.14. The predicted octanol–water partition coefficient (Wildman–Crippen LogP) is 2.27. The first-order valence-electron chi connectivity index (χ1n) is 6.19. The van der Waals surface area contributed by atoms with E-state index in [0.717, 1.165) is 0 Å². The summed E-state index contributed by atoms with van der Waals surface area (Å²) in [6.45, 7) is 0. The Morgan fingerprint density at radius 1 is 1.05 bits per heavy atom. The lowest BCUT2D eigenvalue weighted by Crippen LogP contribution is -2.00. The third kappa shape index (κ3) is 2.31. The lowest BCUT2D eigenvalue weighted by Gasteiger charge is -2.10. The fourth-order valence-electron chi connectivity index (χ4n) is 2.14.